The average molecular weight is 173 g/mol. The molecule has 0 aromatic carbocycles. The van der Waals surface area contributed by atoms with E-state index in [1.165, 1.54) is 0 Å². The van der Waals surface area contributed by atoms with Crippen LogP contribution in [0.25, 0.3) is 11.4 Å². The third-order valence-corrected chi connectivity index (χ3v) is 1.69. The predicted octanol–water partition coefficient (Wildman–Crippen LogP) is 1.37. The van der Waals surface area contributed by atoms with Gasteiger partial charge >= 0.3 is 0 Å². The lowest BCUT2D eigenvalue weighted by Gasteiger charge is -1.92. The Balaban J connectivity index is 2.36. The van der Waals surface area contributed by atoms with Gasteiger partial charge in [-0.15, -0.1) is 0 Å². The highest BCUT2D eigenvalue weighted by Crippen LogP contribution is 2.11. The summed E-state index contributed by atoms with van der Waals surface area (Å²) in [6.07, 6.45) is 5.14. The number of pyridine rings is 1. The lowest BCUT2D eigenvalue weighted by molar-refractivity contribution is 0.808. The van der Waals surface area contributed by atoms with E-state index in [4.69, 9.17) is 0 Å². The molecule has 4 heteroatoms. The van der Waals surface area contributed by atoms with E-state index in [0.29, 0.717) is 5.82 Å². The van der Waals surface area contributed by atoms with Crippen molar-refractivity contribution in [3.63, 3.8) is 0 Å². The molecule has 65 valence electrons. The summed E-state index contributed by atoms with van der Waals surface area (Å²) in [6, 6.07) is 3.80. The zero-order valence-corrected chi connectivity index (χ0v) is 7.25. The molecule has 2 rings (SSSR count). The van der Waals surface area contributed by atoms with Crippen LogP contribution in [0.3, 0.4) is 0 Å². The second kappa shape index (κ2) is 3.35. The van der Waals surface area contributed by atoms with Crippen LogP contribution in [0.2, 0.25) is 0 Å². The Morgan fingerprint density at radius 2 is 2.38 bits per heavy atom. The van der Waals surface area contributed by atoms with Gasteiger partial charge in [0.2, 0.25) is 0 Å². The molecule has 0 saturated heterocycles. The van der Waals surface area contributed by atoms with Gasteiger partial charge in [0.1, 0.15) is 6.33 Å². The smallest absolute Gasteiger partial charge is 0.182 e. The molecule has 4 nitrogen and oxygen atoms in total. The van der Waals surface area contributed by atoms with E-state index in [1.54, 1.807) is 23.4 Å². The van der Waals surface area contributed by atoms with Gasteiger partial charge in [0.25, 0.3) is 0 Å². The average Bonchev–Trinajstić information content (AvgIpc) is 2.67. The Morgan fingerprint density at radius 3 is 3.00 bits per heavy atom. The topological polar surface area (TPSA) is 43.6 Å². The van der Waals surface area contributed by atoms with Crippen molar-refractivity contribution >= 4 is 0 Å². The van der Waals surface area contributed by atoms with Crippen molar-refractivity contribution in [2.24, 2.45) is 0 Å². The molecule has 1 radical (unpaired) electrons. The van der Waals surface area contributed by atoms with Gasteiger partial charge in [0.15, 0.2) is 5.82 Å². The minimum atomic E-state index is 0.700. The van der Waals surface area contributed by atoms with E-state index in [1.807, 2.05) is 25.6 Å². The van der Waals surface area contributed by atoms with Crippen molar-refractivity contribution in [2.75, 3.05) is 0 Å². The standard InChI is InChI=1S/C9H9N4/c1-2-13-7-11-9(12-13)8-4-3-5-10-6-8/h2-7H,1H3. The third kappa shape index (κ3) is 1.56. The maximum atomic E-state index is 4.21. The summed E-state index contributed by atoms with van der Waals surface area (Å²) in [5, 5.41) is 4.21. The predicted molar refractivity (Wildman–Crippen MR) is 48.6 cm³/mol. The first kappa shape index (κ1) is 7.91. The maximum absolute atomic E-state index is 4.21. The van der Waals surface area contributed by atoms with Crippen molar-refractivity contribution in [1.29, 1.82) is 0 Å². The van der Waals surface area contributed by atoms with Gasteiger partial charge in [0.05, 0.1) is 6.54 Å². The van der Waals surface area contributed by atoms with Crippen LogP contribution in [0.5, 0.6) is 0 Å². The Hall–Kier alpha value is -1.71. The van der Waals surface area contributed by atoms with Crippen molar-refractivity contribution in [2.45, 2.75) is 6.92 Å². The molecule has 0 N–H and O–H groups in total. The number of rotatable bonds is 2. The van der Waals surface area contributed by atoms with Crippen molar-refractivity contribution in [3.05, 3.63) is 37.4 Å². The minimum Gasteiger partial charge on any atom is -0.264 e. The van der Waals surface area contributed by atoms with E-state index >= 15 is 0 Å². The molecule has 2 aromatic heterocycles. The summed E-state index contributed by atoms with van der Waals surface area (Å²) in [5.74, 6) is 0.700. The van der Waals surface area contributed by atoms with E-state index in [2.05, 4.69) is 15.1 Å². The van der Waals surface area contributed by atoms with Crippen LogP contribution in [0.15, 0.2) is 30.9 Å². The third-order valence-electron chi connectivity index (χ3n) is 1.69. The zero-order valence-electron chi connectivity index (χ0n) is 7.25. The summed E-state index contributed by atoms with van der Waals surface area (Å²) in [6.45, 7) is 3.74. The van der Waals surface area contributed by atoms with Gasteiger partial charge in [-0.05, 0) is 19.1 Å². The monoisotopic (exact) mass is 173 g/mol. The fourth-order valence-electron chi connectivity index (χ4n) is 1.03. The summed E-state index contributed by atoms with van der Waals surface area (Å²) >= 11 is 0. The molecule has 0 aliphatic heterocycles. The Kier molecular flexibility index (Phi) is 2.04. The molecule has 0 bridgehead atoms. The van der Waals surface area contributed by atoms with E-state index in [-0.39, 0.29) is 0 Å². The lowest BCUT2D eigenvalue weighted by Crippen LogP contribution is -1.91. The van der Waals surface area contributed by atoms with Gasteiger partial charge in [-0.2, -0.15) is 5.10 Å². The molecule has 0 amide bonds. The molecule has 2 aromatic rings. The minimum absolute atomic E-state index is 0.700. The summed E-state index contributed by atoms with van der Waals surface area (Å²) in [7, 11) is 0. The lowest BCUT2D eigenvalue weighted by atomic mass is 10.3. The molecule has 0 saturated carbocycles. The van der Waals surface area contributed by atoms with Crippen LogP contribution in [0.4, 0.5) is 0 Å². The molecule has 0 fully saturated rings. The summed E-state index contributed by atoms with van der Waals surface area (Å²) in [4.78, 5) is 8.13. The van der Waals surface area contributed by atoms with E-state index < -0.39 is 0 Å². The van der Waals surface area contributed by atoms with Gasteiger partial charge < -0.3 is 0 Å². The van der Waals surface area contributed by atoms with Crippen molar-refractivity contribution < 1.29 is 0 Å². The highest BCUT2D eigenvalue weighted by atomic mass is 15.3. The molecule has 0 aliphatic rings. The fourth-order valence-corrected chi connectivity index (χ4v) is 1.03. The molecular weight excluding hydrogens is 164 g/mol. The first-order valence-electron chi connectivity index (χ1n) is 4.01. The maximum Gasteiger partial charge on any atom is 0.182 e. The van der Waals surface area contributed by atoms with Crippen LogP contribution in [-0.2, 0) is 0 Å². The normalized spacial score (nSPS) is 10.2. The van der Waals surface area contributed by atoms with Crippen LogP contribution >= 0.6 is 0 Å². The number of hydrogen-bond acceptors (Lipinski definition) is 3. The van der Waals surface area contributed by atoms with Gasteiger partial charge in [-0.3, -0.25) is 4.98 Å². The molecule has 2 heterocycles. The first-order valence-corrected chi connectivity index (χ1v) is 4.01. The highest BCUT2D eigenvalue weighted by Gasteiger charge is 2.01. The molecule has 0 unspecified atom stereocenters. The Bertz CT molecular complexity index is 380. The molecule has 0 spiro atoms. The van der Waals surface area contributed by atoms with Gasteiger partial charge in [-0.1, -0.05) is 0 Å². The SMILES string of the molecule is C[CH]n1cnc(-c2cccnc2)n1. The second-order valence-electron chi connectivity index (χ2n) is 2.55. The Labute approximate surface area is 76.3 Å². The number of nitrogens with zero attached hydrogens (tertiary/aromatic N) is 4. The van der Waals surface area contributed by atoms with E-state index in [0.717, 1.165) is 5.56 Å². The van der Waals surface area contributed by atoms with Crippen molar-refractivity contribution in [3.8, 4) is 11.4 Å². The number of aromatic nitrogens is 4. The van der Waals surface area contributed by atoms with E-state index in [9.17, 15) is 0 Å². The highest BCUT2D eigenvalue weighted by molar-refractivity contribution is 5.51. The largest absolute Gasteiger partial charge is 0.264 e. The molecule has 13 heavy (non-hydrogen) atoms. The second-order valence-corrected chi connectivity index (χ2v) is 2.55. The zero-order chi connectivity index (χ0) is 9.10. The van der Waals surface area contributed by atoms with Crippen molar-refractivity contribution in [1.82, 2.24) is 19.7 Å². The Morgan fingerprint density at radius 1 is 1.46 bits per heavy atom. The van der Waals surface area contributed by atoms with Crippen LogP contribution in [-0.4, -0.2) is 19.7 Å². The number of hydrogen-bond donors (Lipinski definition) is 0. The molecular formula is C9H9N4. The van der Waals surface area contributed by atoms with Crippen LogP contribution in [0, 0.1) is 6.54 Å². The van der Waals surface area contributed by atoms with Gasteiger partial charge in [0, 0.05) is 18.0 Å². The van der Waals surface area contributed by atoms with Gasteiger partial charge in [-0.25, -0.2) is 9.67 Å². The quantitative estimate of drug-likeness (QED) is 0.688. The molecule has 0 aliphatic carbocycles. The fraction of sp³-hybridized carbons (Fsp3) is 0.111. The van der Waals surface area contributed by atoms with Crippen LogP contribution < -0.4 is 0 Å². The summed E-state index contributed by atoms with van der Waals surface area (Å²) < 4.78 is 1.67. The first-order chi connectivity index (χ1) is 6.40. The van der Waals surface area contributed by atoms with Crippen LogP contribution in [0.1, 0.15) is 6.92 Å². The molecule has 0 atom stereocenters. The summed E-state index contributed by atoms with van der Waals surface area (Å²) in [5.41, 5.74) is 0.933.